The van der Waals surface area contributed by atoms with E-state index in [1.165, 1.54) is 0 Å². The molecule has 0 aromatic carbocycles. The highest BCUT2D eigenvalue weighted by atomic mass is 16.3. The maximum Gasteiger partial charge on any atom is 0.123 e. The summed E-state index contributed by atoms with van der Waals surface area (Å²) in [5.41, 5.74) is 0. The van der Waals surface area contributed by atoms with E-state index in [1.54, 1.807) is 0 Å². The van der Waals surface area contributed by atoms with Gasteiger partial charge in [-0.3, -0.25) is 5.41 Å². The van der Waals surface area contributed by atoms with Crippen LogP contribution in [0.1, 0.15) is 6.42 Å². The van der Waals surface area contributed by atoms with Crippen molar-refractivity contribution in [2.24, 2.45) is 0 Å². The minimum atomic E-state index is -0.514. The number of hydrogen-bond acceptors (Lipinski definition) is 2. The first-order chi connectivity index (χ1) is 3.30. The normalized spacial score (nSPS) is 30.4. The van der Waals surface area contributed by atoms with Crippen molar-refractivity contribution in [3.63, 3.8) is 0 Å². The van der Waals surface area contributed by atoms with Crippen LogP contribution in [0.25, 0.3) is 0 Å². The maximum absolute atomic E-state index is 8.71. The summed E-state index contributed by atoms with van der Waals surface area (Å²) in [7, 11) is 0. The van der Waals surface area contributed by atoms with Gasteiger partial charge in [0.2, 0.25) is 0 Å². The molecule has 3 nitrogen and oxygen atoms in total. The Hall–Kier alpha value is -0.570. The van der Waals surface area contributed by atoms with Crippen LogP contribution in [-0.4, -0.2) is 23.6 Å². The number of rotatable bonds is 0. The van der Waals surface area contributed by atoms with E-state index in [1.807, 2.05) is 0 Å². The number of aliphatic hydroxyl groups excluding tert-OH is 1. The molecule has 40 valence electrons. The molecule has 1 aliphatic rings. The Kier molecular flexibility index (Phi) is 0.982. The Bertz CT molecular complexity index is 91.7. The Balaban J connectivity index is 2.48. The first-order valence-corrected chi connectivity index (χ1v) is 2.31. The molecule has 0 aromatic heterocycles. The minimum absolute atomic E-state index is 0.264. The van der Waals surface area contributed by atoms with Gasteiger partial charge in [0.1, 0.15) is 11.9 Å². The van der Waals surface area contributed by atoms with Crippen LogP contribution in [0.5, 0.6) is 0 Å². The molecule has 1 aliphatic heterocycles. The van der Waals surface area contributed by atoms with E-state index in [9.17, 15) is 0 Å². The summed E-state index contributed by atoms with van der Waals surface area (Å²) < 4.78 is 0. The molecular formula is C4H8N2O. The molecule has 3 N–H and O–H groups in total. The molecule has 0 spiro atoms. The molecule has 0 aliphatic carbocycles. The van der Waals surface area contributed by atoms with Gasteiger partial charge >= 0.3 is 0 Å². The molecule has 1 rings (SSSR count). The Labute approximate surface area is 41.9 Å². The van der Waals surface area contributed by atoms with E-state index in [-0.39, 0.29) is 5.84 Å². The highest BCUT2D eigenvalue weighted by Gasteiger charge is 2.15. The fourth-order valence-electron chi connectivity index (χ4n) is 0.606. The zero-order valence-corrected chi connectivity index (χ0v) is 3.94. The lowest BCUT2D eigenvalue weighted by molar-refractivity contribution is 0.244. The summed E-state index contributed by atoms with van der Waals surface area (Å²) in [5.74, 6) is 0.264. The van der Waals surface area contributed by atoms with Crippen molar-refractivity contribution in [1.82, 2.24) is 5.32 Å². The van der Waals surface area contributed by atoms with Gasteiger partial charge in [0.05, 0.1) is 0 Å². The van der Waals surface area contributed by atoms with E-state index in [0.717, 1.165) is 6.54 Å². The van der Waals surface area contributed by atoms with E-state index < -0.39 is 6.10 Å². The molecule has 1 heterocycles. The topological polar surface area (TPSA) is 56.1 Å². The lowest BCUT2D eigenvalue weighted by atomic mass is 10.3. The van der Waals surface area contributed by atoms with Crippen LogP contribution in [0.4, 0.5) is 0 Å². The second kappa shape index (κ2) is 1.50. The zero-order chi connectivity index (χ0) is 5.28. The van der Waals surface area contributed by atoms with Crippen molar-refractivity contribution in [1.29, 1.82) is 5.41 Å². The molecule has 3 heteroatoms. The van der Waals surface area contributed by atoms with Crippen molar-refractivity contribution >= 4 is 5.84 Å². The summed E-state index contributed by atoms with van der Waals surface area (Å²) in [4.78, 5) is 0. The highest BCUT2D eigenvalue weighted by Crippen LogP contribution is 1.96. The molecular weight excluding hydrogens is 92.1 g/mol. The summed E-state index contributed by atoms with van der Waals surface area (Å²) in [6.07, 6.45) is 0.179. The third-order valence-corrected chi connectivity index (χ3v) is 1.07. The Morgan fingerprint density at radius 2 is 2.57 bits per heavy atom. The SMILES string of the molecule is N=C1NCC[C@H]1O. The molecule has 0 radical (unpaired) electrons. The Morgan fingerprint density at radius 1 is 1.86 bits per heavy atom. The van der Waals surface area contributed by atoms with Crippen LogP contribution in [0.3, 0.4) is 0 Å². The number of aliphatic hydroxyl groups is 1. The summed E-state index contributed by atoms with van der Waals surface area (Å²) in [6.45, 7) is 0.750. The van der Waals surface area contributed by atoms with Crippen LogP contribution in [0.15, 0.2) is 0 Å². The fourth-order valence-corrected chi connectivity index (χ4v) is 0.606. The molecule has 1 atom stereocenters. The van der Waals surface area contributed by atoms with Crippen molar-refractivity contribution < 1.29 is 5.11 Å². The molecule has 7 heavy (non-hydrogen) atoms. The largest absolute Gasteiger partial charge is 0.385 e. The Morgan fingerprint density at radius 3 is 2.71 bits per heavy atom. The lowest BCUT2D eigenvalue weighted by Gasteiger charge is -1.94. The van der Waals surface area contributed by atoms with Gasteiger partial charge in [0.25, 0.3) is 0 Å². The first kappa shape index (κ1) is 4.59. The van der Waals surface area contributed by atoms with Crippen LogP contribution in [0, 0.1) is 5.41 Å². The molecule has 1 saturated heterocycles. The summed E-state index contributed by atoms with van der Waals surface area (Å²) in [6, 6.07) is 0. The predicted octanol–water partition coefficient (Wildman–Crippen LogP) is -0.682. The zero-order valence-electron chi connectivity index (χ0n) is 3.94. The van der Waals surface area contributed by atoms with Crippen molar-refractivity contribution in [2.75, 3.05) is 6.54 Å². The lowest BCUT2D eigenvalue weighted by Crippen LogP contribution is -2.21. The van der Waals surface area contributed by atoms with Gasteiger partial charge in [-0.05, 0) is 6.42 Å². The second-order valence-corrected chi connectivity index (χ2v) is 1.64. The standard InChI is InChI=1S/C4H8N2O/c5-4-3(7)1-2-6-4/h3,7H,1-2H2,(H2,5,6)/t3-/m1/s1. The minimum Gasteiger partial charge on any atom is -0.385 e. The van der Waals surface area contributed by atoms with E-state index in [4.69, 9.17) is 10.5 Å². The maximum atomic E-state index is 8.71. The average molecular weight is 100 g/mol. The van der Waals surface area contributed by atoms with Gasteiger partial charge in [-0.15, -0.1) is 0 Å². The van der Waals surface area contributed by atoms with Gasteiger partial charge in [-0.25, -0.2) is 0 Å². The van der Waals surface area contributed by atoms with Crippen LogP contribution >= 0.6 is 0 Å². The average Bonchev–Trinajstić information content (AvgIpc) is 1.91. The van der Waals surface area contributed by atoms with Crippen LogP contribution in [-0.2, 0) is 0 Å². The molecule has 0 aromatic rings. The van der Waals surface area contributed by atoms with Crippen molar-refractivity contribution in [2.45, 2.75) is 12.5 Å². The van der Waals surface area contributed by atoms with E-state index in [2.05, 4.69) is 5.32 Å². The van der Waals surface area contributed by atoms with Gasteiger partial charge in [-0.1, -0.05) is 0 Å². The molecule has 0 saturated carbocycles. The van der Waals surface area contributed by atoms with Crippen molar-refractivity contribution in [3.05, 3.63) is 0 Å². The smallest absolute Gasteiger partial charge is 0.123 e. The third kappa shape index (κ3) is 0.718. The van der Waals surface area contributed by atoms with Gasteiger partial charge in [-0.2, -0.15) is 0 Å². The molecule has 0 bridgehead atoms. The fraction of sp³-hybridized carbons (Fsp3) is 0.750. The first-order valence-electron chi connectivity index (χ1n) is 2.31. The number of hydrogen-bond donors (Lipinski definition) is 3. The second-order valence-electron chi connectivity index (χ2n) is 1.64. The van der Waals surface area contributed by atoms with E-state index >= 15 is 0 Å². The molecule has 0 amide bonds. The molecule has 1 fully saturated rings. The third-order valence-electron chi connectivity index (χ3n) is 1.07. The number of amidine groups is 1. The molecule has 0 unspecified atom stereocenters. The van der Waals surface area contributed by atoms with Gasteiger partial charge < -0.3 is 10.4 Å². The highest BCUT2D eigenvalue weighted by molar-refractivity contribution is 5.85. The quantitative estimate of drug-likeness (QED) is 0.377. The van der Waals surface area contributed by atoms with Crippen LogP contribution < -0.4 is 5.32 Å². The summed E-state index contributed by atoms with van der Waals surface area (Å²) in [5, 5.41) is 18.3. The predicted molar refractivity (Wildman–Crippen MR) is 26.4 cm³/mol. The monoisotopic (exact) mass is 100 g/mol. The van der Waals surface area contributed by atoms with Crippen LogP contribution in [0.2, 0.25) is 0 Å². The summed E-state index contributed by atoms with van der Waals surface area (Å²) >= 11 is 0. The number of nitrogens with one attached hydrogen (secondary N) is 2. The van der Waals surface area contributed by atoms with Gasteiger partial charge in [0.15, 0.2) is 0 Å². The van der Waals surface area contributed by atoms with E-state index in [0.29, 0.717) is 6.42 Å². The van der Waals surface area contributed by atoms with Crippen molar-refractivity contribution in [3.8, 4) is 0 Å². The van der Waals surface area contributed by atoms with Gasteiger partial charge in [0, 0.05) is 6.54 Å².